The van der Waals surface area contributed by atoms with Crippen LogP contribution < -0.4 is 0 Å². The second-order valence-electron chi connectivity index (χ2n) is 6.37. The molecule has 0 amide bonds. The first-order valence-electron chi connectivity index (χ1n) is 8.67. The lowest BCUT2D eigenvalue weighted by Gasteiger charge is -2.09. The zero-order valence-electron chi connectivity index (χ0n) is 14.1. The van der Waals surface area contributed by atoms with Crippen LogP contribution in [0.2, 0.25) is 5.02 Å². The minimum Gasteiger partial charge on any atom is -0.308 e. The predicted octanol–water partition coefficient (Wildman–Crippen LogP) is 7.10. The summed E-state index contributed by atoms with van der Waals surface area (Å²) >= 11 is 6.66. The summed E-state index contributed by atoms with van der Waals surface area (Å²) in [5, 5.41) is 3.18. The molecule has 26 heavy (non-hydrogen) atoms. The molecule has 0 aliphatic heterocycles. The van der Waals surface area contributed by atoms with E-state index in [0.717, 1.165) is 16.2 Å². The van der Waals surface area contributed by atoms with Gasteiger partial charge in [-0.3, -0.25) is 0 Å². The number of hydrogen-bond donors (Lipinski definition) is 0. The molecule has 4 aromatic carbocycles. The molecule has 5 rings (SSSR count). The minimum atomic E-state index is 0.765. The smallest absolute Gasteiger partial charge is 0.0727 e. The molecule has 5 aromatic rings. The third-order valence-electron chi connectivity index (χ3n) is 4.86. The average Bonchev–Trinajstić information content (AvgIpc) is 3.05. The Hall–Kier alpha value is -3.03. The van der Waals surface area contributed by atoms with E-state index < -0.39 is 0 Å². The van der Waals surface area contributed by atoms with Crippen LogP contribution in [0.5, 0.6) is 0 Å². The molecular weight excluding hydrogens is 338 g/mol. The Bertz CT molecular complexity index is 1220. The van der Waals surface area contributed by atoms with Crippen LogP contribution in [-0.4, -0.2) is 4.57 Å². The first kappa shape index (κ1) is 15.2. The summed E-state index contributed by atoms with van der Waals surface area (Å²) in [6.07, 6.45) is 0. The highest BCUT2D eigenvalue weighted by Crippen LogP contribution is 2.40. The van der Waals surface area contributed by atoms with Gasteiger partial charge in [0.25, 0.3) is 0 Å². The van der Waals surface area contributed by atoms with E-state index in [1.54, 1.807) is 0 Å². The first-order valence-corrected chi connectivity index (χ1v) is 9.05. The molecule has 0 atom stereocenters. The topological polar surface area (TPSA) is 4.93 Å². The lowest BCUT2D eigenvalue weighted by Crippen LogP contribution is -1.93. The number of nitrogens with zero attached hydrogens (tertiary/aromatic N) is 1. The van der Waals surface area contributed by atoms with Gasteiger partial charge in [-0.2, -0.15) is 0 Å². The van der Waals surface area contributed by atoms with E-state index in [1.807, 2.05) is 24.3 Å². The number of fused-ring (bicyclic) bond motifs is 3. The van der Waals surface area contributed by atoms with Crippen molar-refractivity contribution in [1.29, 1.82) is 0 Å². The third-order valence-corrected chi connectivity index (χ3v) is 5.17. The van der Waals surface area contributed by atoms with Crippen LogP contribution in [0.4, 0.5) is 0 Å². The van der Waals surface area contributed by atoms with Gasteiger partial charge in [0.1, 0.15) is 0 Å². The zero-order chi connectivity index (χ0) is 17.5. The highest BCUT2D eigenvalue weighted by atomic mass is 35.5. The minimum absolute atomic E-state index is 0.765. The Labute approximate surface area is 157 Å². The van der Waals surface area contributed by atoms with Crippen molar-refractivity contribution < 1.29 is 0 Å². The summed E-state index contributed by atoms with van der Waals surface area (Å²) in [5.41, 5.74) is 5.78. The van der Waals surface area contributed by atoms with E-state index in [-0.39, 0.29) is 0 Å². The maximum Gasteiger partial charge on any atom is 0.0727 e. The second-order valence-corrected chi connectivity index (χ2v) is 6.78. The molecule has 0 spiro atoms. The number of rotatable bonds is 2. The summed E-state index contributed by atoms with van der Waals surface area (Å²) in [4.78, 5) is 0. The maximum atomic E-state index is 6.66. The van der Waals surface area contributed by atoms with Crippen LogP contribution in [-0.2, 0) is 0 Å². The summed E-state index contributed by atoms with van der Waals surface area (Å²) in [7, 11) is 0. The summed E-state index contributed by atoms with van der Waals surface area (Å²) in [5.74, 6) is 0. The van der Waals surface area contributed by atoms with Crippen molar-refractivity contribution in [2.45, 2.75) is 0 Å². The largest absolute Gasteiger partial charge is 0.308 e. The van der Waals surface area contributed by atoms with E-state index in [2.05, 4.69) is 77.4 Å². The maximum absolute atomic E-state index is 6.66. The SMILES string of the molecule is Clc1cccc2c3c(-c4ccccc4)cccc3n(-c3ccccc3)c12. The van der Waals surface area contributed by atoms with Crippen LogP contribution in [0.15, 0.2) is 97.1 Å². The quantitative estimate of drug-likeness (QED) is 0.319. The number of hydrogen-bond acceptors (Lipinski definition) is 0. The zero-order valence-corrected chi connectivity index (χ0v) is 14.8. The average molecular weight is 354 g/mol. The molecule has 0 unspecified atom stereocenters. The lowest BCUT2D eigenvalue weighted by molar-refractivity contribution is 1.18. The Morgan fingerprint density at radius 2 is 1.31 bits per heavy atom. The monoisotopic (exact) mass is 353 g/mol. The van der Waals surface area contributed by atoms with Crippen molar-refractivity contribution >= 4 is 33.4 Å². The van der Waals surface area contributed by atoms with E-state index in [4.69, 9.17) is 11.6 Å². The van der Waals surface area contributed by atoms with E-state index in [0.29, 0.717) is 0 Å². The molecular formula is C24H16ClN. The molecule has 124 valence electrons. The van der Waals surface area contributed by atoms with Crippen LogP contribution in [0.3, 0.4) is 0 Å². The molecule has 0 radical (unpaired) electrons. The Morgan fingerprint density at radius 1 is 0.615 bits per heavy atom. The van der Waals surface area contributed by atoms with Gasteiger partial charge in [0.05, 0.1) is 16.1 Å². The van der Waals surface area contributed by atoms with Gasteiger partial charge in [-0.25, -0.2) is 0 Å². The van der Waals surface area contributed by atoms with Gasteiger partial charge < -0.3 is 4.57 Å². The predicted molar refractivity (Wildman–Crippen MR) is 111 cm³/mol. The van der Waals surface area contributed by atoms with Gasteiger partial charge in [0.2, 0.25) is 0 Å². The van der Waals surface area contributed by atoms with Crippen LogP contribution >= 0.6 is 11.6 Å². The third kappa shape index (κ3) is 2.25. The van der Waals surface area contributed by atoms with Crippen LogP contribution in [0.25, 0.3) is 38.6 Å². The number of para-hydroxylation sites is 2. The molecule has 1 heterocycles. The number of halogens is 1. The summed E-state index contributed by atoms with van der Waals surface area (Å²) in [6, 6.07) is 33.6. The molecule has 0 fully saturated rings. The van der Waals surface area contributed by atoms with E-state index >= 15 is 0 Å². The van der Waals surface area contributed by atoms with Crippen molar-refractivity contribution in [3.63, 3.8) is 0 Å². The summed E-state index contributed by atoms with van der Waals surface area (Å²) < 4.78 is 2.26. The highest BCUT2D eigenvalue weighted by molar-refractivity contribution is 6.37. The lowest BCUT2D eigenvalue weighted by atomic mass is 9.99. The van der Waals surface area contributed by atoms with E-state index in [9.17, 15) is 0 Å². The Kier molecular flexibility index (Phi) is 3.55. The van der Waals surface area contributed by atoms with Crippen molar-refractivity contribution in [3.05, 3.63) is 102 Å². The van der Waals surface area contributed by atoms with Crippen molar-refractivity contribution in [2.75, 3.05) is 0 Å². The number of aromatic nitrogens is 1. The normalized spacial score (nSPS) is 11.3. The van der Waals surface area contributed by atoms with Gasteiger partial charge in [-0.1, -0.05) is 84.4 Å². The molecule has 0 saturated heterocycles. The van der Waals surface area contributed by atoms with Gasteiger partial charge in [0.15, 0.2) is 0 Å². The molecule has 2 heteroatoms. The Morgan fingerprint density at radius 3 is 2.08 bits per heavy atom. The fourth-order valence-corrected chi connectivity index (χ4v) is 4.04. The first-order chi connectivity index (χ1) is 12.8. The highest BCUT2D eigenvalue weighted by Gasteiger charge is 2.17. The Balaban J connectivity index is 1.99. The fourth-order valence-electron chi connectivity index (χ4n) is 3.78. The van der Waals surface area contributed by atoms with Gasteiger partial charge >= 0.3 is 0 Å². The van der Waals surface area contributed by atoms with Crippen molar-refractivity contribution in [3.8, 4) is 16.8 Å². The van der Waals surface area contributed by atoms with Gasteiger partial charge in [-0.05, 0) is 35.4 Å². The van der Waals surface area contributed by atoms with Gasteiger partial charge in [-0.15, -0.1) is 0 Å². The fraction of sp³-hybridized carbons (Fsp3) is 0. The van der Waals surface area contributed by atoms with Crippen molar-refractivity contribution in [2.24, 2.45) is 0 Å². The van der Waals surface area contributed by atoms with Crippen LogP contribution in [0.1, 0.15) is 0 Å². The van der Waals surface area contributed by atoms with E-state index in [1.165, 1.54) is 27.4 Å². The van der Waals surface area contributed by atoms with Gasteiger partial charge in [0, 0.05) is 16.5 Å². The molecule has 0 aliphatic rings. The molecule has 0 aliphatic carbocycles. The molecule has 1 aromatic heterocycles. The number of benzene rings is 4. The molecule has 0 bridgehead atoms. The molecule has 1 nitrogen and oxygen atoms in total. The second kappa shape index (κ2) is 6.05. The molecule has 0 saturated carbocycles. The standard InChI is InChI=1S/C24H16ClN/c25-21-15-7-14-20-23-19(17-9-3-1-4-10-17)13-8-16-22(23)26(24(20)21)18-11-5-2-6-12-18/h1-16H. The summed E-state index contributed by atoms with van der Waals surface area (Å²) in [6.45, 7) is 0. The van der Waals surface area contributed by atoms with Crippen LogP contribution in [0, 0.1) is 0 Å². The van der Waals surface area contributed by atoms with Crippen molar-refractivity contribution in [1.82, 2.24) is 4.57 Å². The molecule has 0 N–H and O–H groups in total.